The third-order valence-corrected chi connectivity index (χ3v) is 5.03. The largest absolute Gasteiger partial charge is 0.490 e. The lowest BCUT2D eigenvalue weighted by atomic mass is 10.1. The number of hydrogen-bond acceptors (Lipinski definition) is 3. The van der Waals surface area contributed by atoms with E-state index >= 15 is 0 Å². The number of para-hydroxylation sites is 1. The Balaban J connectivity index is 1.75. The number of hydrogen-bond donors (Lipinski definition) is 1. The topological polar surface area (TPSA) is 30.5 Å². The lowest BCUT2D eigenvalue weighted by Gasteiger charge is -2.16. The maximum Gasteiger partial charge on any atom is 0.180 e. The maximum atomic E-state index is 6.57. The average Bonchev–Trinajstić information content (AvgIpc) is 2.73. The lowest BCUT2D eigenvalue weighted by molar-refractivity contribution is 0.269. The second-order valence-electron chi connectivity index (χ2n) is 6.98. The van der Waals surface area contributed by atoms with Gasteiger partial charge in [0.25, 0.3) is 0 Å². The van der Waals surface area contributed by atoms with Crippen LogP contribution < -0.4 is 14.8 Å². The summed E-state index contributed by atoms with van der Waals surface area (Å²) in [5, 5.41) is 4.06. The van der Waals surface area contributed by atoms with Crippen molar-refractivity contribution in [1.29, 1.82) is 0 Å². The van der Waals surface area contributed by atoms with Gasteiger partial charge in [-0.25, -0.2) is 0 Å². The zero-order valence-electron chi connectivity index (χ0n) is 17.3. The zero-order valence-corrected chi connectivity index (χ0v) is 18.1. The van der Waals surface area contributed by atoms with E-state index in [-0.39, 0.29) is 0 Å². The van der Waals surface area contributed by atoms with E-state index in [2.05, 4.69) is 61.6 Å². The van der Waals surface area contributed by atoms with Crippen molar-refractivity contribution in [1.82, 2.24) is 0 Å². The van der Waals surface area contributed by atoms with Crippen LogP contribution in [0, 0.1) is 6.92 Å². The normalized spacial score (nSPS) is 10.6. The molecule has 0 aliphatic heterocycles. The summed E-state index contributed by atoms with van der Waals surface area (Å²) in [4.78, 5) is 0. The number of aryl methyl sites for hydroxylation is 2. The summed E-state index contributed by atoms with van der Waals surface area (Å²) in [6.45, 7) is 7.84. The number of ether oxygens (including phenoxy) is 2. The molecule has 0 atom stereocenters. The Hall–Kier alpha value is -2.65. The van der Waals surface area contributed by atoms with Crippen molar-refractivity contribution in [2.24, 2.45) is 0 Å². The van der Waals surface area contributed by atoms with E-state index in [1.807, 2.05) is 25.1 Å². The standard InChI is InChI=1S/C25H28ClNO2/c1-4-21-8-6-7-9-23(21)27-16-20-14-22(26)25(24(15-20)28-5-2)29-17-19-12-10-18(3)11-13-19/h6-15,27H,4-5,16-17H2,1-3H3. The van der Waals surface area contributed by atoms with Gasteiger partial charge < -0.3 is 14.8 Å². The third-order valence-electron chi connectivity index (χ3n) is 4.75. The van der Waals surface area contributed by atoms with Crippen LogP contribution in [0.4, 0.5) is 5.69 Å². The van der Waals surface area contributed by atoms with Crippen LogP contribution in [0.2, 0.25) is 5.02 Å². The van der Waals surface area contributed by atoms with Gasteiger partial charge in [0, 0.05) is 12.2 Å². The molecule has 0 aromatic heterocycles. The molecule has 0 unspecified atom stereocenters. The van der Waals surface area contributed by atoms with Gasteiger partial charge in [0.2, 0.25) is 0 Å². The minimum absolute atomic E-state index is 0.446. The monoisotopic (exact) mass is 409 g/mol. The molecule has 0 saturated heterocycles. The first-order valence-corrected chi connectivity index (χ1v) is 10.4. The van der Waals surface area contributed by atoms with Crippen LogP contribution in [-0.2, 0) is 19.6 Å². The van der Waals surface area contributed by atoms with Gasteiger partial charge in [0.1, 0.15) is 6.61 Å². The highest BCUT2D eigenvalue weighted by molar-refractivity contribution is 6.32. The second kappa shape index (κ2) is 10.2. The molecule has 29 heavy (non-hydrogen) atoms. The fourth-order valence-corrected chi connectivity index (χ4v) is 3.45. The van der Waals surface area contributed by atoms with Gasteiger partial charge in [0.05, 0.1) is 11.6 Å². The molecule has 3 rings (SSSR count). The smallest absolute Gasteiger partial charge is 0.180 e. The van der Waals surface area contributed by atoms with Crippen LogP contribution >= 0.6 is 11.6 Å². The maximum absolute atomic E-state index is 6.57. The van der Waals surface area contributed by atoms with E-state index < -0.39 is 0 Å². The zero-order chi connectivity index (χ0) is 20.6. The van der Waals surface area contributed by atoms with E-state index in [0.717, 1.165) is 23.2 Å². The van der Waals surface area contributed by atoms with Crippen LogP contribution in [0.3, 0.4) is 0 Å². The van der Waals surface area contributed by atoms with Crippen molar-refractivity contribution in [3.8, 4) is 11.5 Å². The van der Waals surface area contributed by atoms with E-state index in [9.17, 15) is 0 Å². The summed E-state index contributed by atoms with van der Waals surface area (Å²) in [6, 6.07) is 20.6. The molecule has 0 radical (unpaired) electrons. The Bertz CT molecular complexity index is 938. The van der Waals surface area contributed by atoms with Crippen molar-refractivity contribution in [2.75, 3.05) is 11.9 Å². The van der Waals surface area contributed by atoms with Gasteiger partial charge in [0.15, 0.2) is 11.5 Å². The molecular weight excluding hydrogens is 382 g/mol. The van der Waals surface area contributed by atoms with Gasteiger partial charge in [-0.2, -0.15) is 0 Å². The molecule has 3 nitrogen and oxygen atoms in total. The first-order valence-electron chi connectivity index (χ1n) is 10.1. The van der Waals surface area contributed by atoms with Gasteiger partial charge >= 0.3 is 0 Å². The summed E-state index contributed by atoms with van der Waals surface area (Å²) in [5.74, 6) is 1.26. The van der Waals surface area contributed by atoms with Crippen molar-refractivity contribution < 1.29 is 9.47 Å². The van der Waals surface area contributed by atoms with Crippen molar-refractivity contribution in [2.45, 2.75) is 40.3 Å². The van der Waals surface area contributed by atoms with Crippen molar-refractivity contribution in [3.05, 3.63) is 87.9 Å². The predicted molar refractivity (Wildman–Crippen MR) is 121 cm³/mol. The molecule has 0 bridgehead atoms. The summed E-state index contributed by atoms with van der Waals surface area (Å²) in [7, 11) is 0. The Morgan fingerprint density at radius 3 is 2.38 bits per heavy atom. The van der Waals surface area contributed by atoms with Crippen LogP contribution in [-0.4, -0.2) is 6.61 Å². The number of anilines is 1. The summed E-state index contributed by atoms with van der Waals surface area (Å²) in [6.07, 6.45) is 0.986. The first-order chi connectivity index (χ1) is 14.1. The second-order valence-corrected chi connectivity index (χ2v) is 7.38. The minimum atomic E-state index is 0.446. The molecule has 0 aliphatic carbocycles. The molecule has 4 heteroatoms. The van der Waals surface area contributed by atoms with Crippen molar-refractivity contribution in [3.63, 3.8) is 0 Å². The molecule has 0 saturated carbocycles. The highest BCUT2D eigenvalue weighted by atomic mass is 35.5. The third kappa shape index (κ3) is 5.68. The van der Waals surface area contributed by atoms with Crippen molar-refractivity contribution >= 4 is 17.3 Å². The fraction of sp³-hybridized carbons (Fsp3) is 0.280. The molecule has 3 aromatic carbocycles. The average molecular weight is 410 g/mol. The summed E-state index contributed by atoms with van der Waals surface area (Å²) >= 11 is 6.57. The van der Waals surface area contributed by atoms with Gasteiger partial charge in [-0.15, -0.1) is 0 Å². The fourth-order valence-electron chi connectivity index (χ4n) is 3.16. The molecule has 0 aliphatic rings. The Labute approximate surface area is 178 Å². The molecular formula is C25H28ClNO2. The Morgan fingerprint density at radius 2 is 1.66 bits per heavy atom. The van der Waals surface area contributed by atoms with Gasteiger partial charge in [-0.05, 0) is 55.2 Å². The van der Waals surface area contributed by atoms with E-state index in [0.29, 0.717) is 36.3 Å². The lowest BCUT2D eigenvalue weighted by Crippen LogP contribution is -2.05. The molecule has 0 spiro atoms. The molecule has 0 amide bonds. The van der Waals surface area contributed by atoms with Gasteiger partial charge in [-0.3, -0.25) is 0 Å². The number of benzene rings is 3. The molecule has 152 valence electrons. The minimum Gasteiger partial charge on any atom is -0.490 e. The molecule has 0 heterocycles. The number of halogens is 1. The first kappa shape index (κ1) is 21.1. The molecule has 0 fully saturated rings. The molecule has 1 N–H and O–H groups in total. The number of rotatable bonds is 9. The van der Waals surface area contributed by atoms with Gasteiger partial charge in [-0.1, -0.05) is 66.6 Å². The highest BCUT2D eigenvalue weighted by Crippen LogP contribution is 2.37. The van der Waals surface area contributed by atoms with Crippen LogP contribution in [0.25, 0.3) is 0 Å². The van der Waals surface area contributed by atoms with E-state index in [1.165, 1.54) is 11.1 Å². The number of nitrogens with one attached hydrogen (secondary N) is 1. The molecule has 3 aromatic rings. The summed E-state index contributed by atoms with van der Waals surface area (Å²) in [5.41, 5.74) is 5.80. The Morgan fingerprint density at radius 1 is 0.897 bits per heavy atom. The highest BCUT2D eigenvalue weighted by Gasteiger charge is 2.13. The van der Waals surface area contributed by atoms with Crippen LogP contribution in [0.15, 0.2) is 60.7 Å². The summed E-state index contributed by atoms with van der Waals surface area (Å²) < 4.78 is 11.8. The van der Waals surface area contributed by atoms with E-state index in [1.54, 1.807) is 0 Å². The quantitative estimate of drug-likeness (QED) is 0.421. The Kier molecular flexibility index (Phi) is 7.42. The van der Waals surface area contributed by atoms with Crippen LogP contribution in [0.5, 0.6) is 11.5 Å². The predicted octanol–water partition coefficient (Wildman–Crippen LogP) is 6.80. The van der Waals surface area contributed by atoms with E-state index in [4.69, 9.17) is 21.1 Å². The van der Waals surface area contributed by atoms with Crippen LogP contribution in [0.1, 0.15) is 36.1 Å². The SMILES string of the molecule is CCOc1cc(CNc2ccccc2CC)cc(Cl)c1OCc1ccc(C)cc1.